The number of benzene rings is 5. The molecular formula is C28H20. The highest BCUT2D eigenvalue weighted by molar-refractivity contribution is 6.14. The zero-order chi connectivity index (χ0) is 18.8. The predicted octanol–water partition coefficient (Wildman–Crippen LogP) is 7.58. The van der Waals surface area contributed by atoms with Crippen LogP contribution in [0, 0.1) is 0 Å². The van der Waals surface area contributed by atoms with Crippen molar-refractivity contribution in [1.82, 2.24) is 0 Å². The fourth-order valence-corrected chi connectivity index (χ4v) is 3.93. The van der Waals surface area contributed by atoms with Crippen molar-refractivity contribution in [2.75, 3.05) is 0 Å². The monoisotopic (exact) mass is 356 g/mol. The van der Waals surface area contributed by atoms with E-state index in [1.54, 1.807) is 0 Å². The van der Waals surface area contributed by atoms with Gasteiger partial charge in [-0.05, 0) is 56.0 Å². The lowest BCUT2D eigenvalue weighted by Gasteiger charge is -2.15. The van der Waals surface area contributed by atoms with Crippen molar-refractivity contribution in [2.24, 2.45) is 0 Å². The van der Waals surface area contributed by atoms with Crippen LogP contribution in [0.1, 0.15) is 16.7 Å². The first-order valence-electron chi connectivity index (χ1n) is 9.63. The topological polar surface area (TPSA) is 0 Å². The molecule has 0 aliphatic heterocycles. The largest absolute Gasteiger partial charge is 0.0622 e. The number of hydrogen-bond acceptors (Lipinski definition) is 0. The molecule has 0 fully saturated rings. The van der Waals surface area contributed by atoms with Crippen molar-refractivity contribution in [3.63, 3.8) is 0 Å². The maximum Gasteiger partial charge on any atom is -0.00928 e. The summed E-state index contributed by atoms with van der Waals surface area (Å²) in [4.78, 5) is 0. The van der Waals surface area contributed by atoms with E-state index < -0.39 is 0 Å². The Kier molecular flexibility index (Phi) is 4.23. The van der Waals surface area contributed by atoms with E-state index in [0.29, 0.717) is 0 Å². The molecule has 0 aliphatic carbocycles. The molecule has 5 aromatic carbocycles. The van der Waals surface area contributed by atoms with E-state index in [1.807, 2.05) is 0 Å². The van der Waals surface area contributed by atoms with Crippen molar-refractivity contribution in [3.05, 3.63) is 132 Å². The Morgan fingerprint density at radius 1 is 0.500 bits per heavy atom. The van der Waals surface area contributed by atoms with E-state index in [4.69, 9.17) is 0 Å². The van der Waals surface area contributed by atoms with Crippen LogP contribution in [-0.4, -0.2) is 0 Å². The third-order valence-corrected chi connectivity index (χ3v) is 5.25. The zero-order valence-corrected chi connectivity index (χ0v) is 15.5. The van der Waals surface area contributed by atoms with Crippen molar-refractivity contribution >= 4 is 33.2 Å². The van der Waals surface area contributed by atoms with Crippen LogP contribution >= 0.6 is 0 Å². The molecule has 5 aromatic rings. The van der Waals surface area contributed by atoms with Gasteiger partial charge in [-0.15, -0.1) is 0 Å². The lowest BCUT2D eigenvalue weighted by Crippen LogP contribution is -1.92. The van der Waals surface area contributed by atoms with Crippen molar-refractivity contribution in [2.45, 2.75) is 0 Å². The summed E-state index contributed by atoms with van der Waals surface area (Å²) in [5.41, 5.74) is 4.95. The average molecular weight is 356 g/mol. The van der Waals surface area contributed by atoms with E-state index in [9.17, 15) is 0 Å². The van der Waals surface area contributed by atoms with Crippen molar-refractivity contribution < 1.29 is 0 Å². The Morgan fingerprint density at radius 2 is 1.07 bits per heavy atom. The summed E-state index contributed by atoms with van der Waals surface area (Å²) in [5.74, 6) is 0. The minimum absolute atomic E-state index is 1.21. The molecule has 0 spiro atoms. The normalized spacial score (nSPS) is 11.8. The molecule has 0 unspecified atom stereocenters. The SMILES string of the molecule is C(=C(/c1ccccc1)c1cc2ccccc2c2ccccc12)/c1ccccc1. The predicted molar refractivity (Wildman–Crippen MR) is 121 cm³/mol. The first-order valence-corrected chi connectivity index (χ1v) is 9.63. The molecule has 0 radical (unpaired) electrons. The van der Waals surface area contributed by atoms with Gasteiger partial charge in [0.2, 0.25) is 0 Å². The lowest BCUT2D eigenvalue weighted by atomic mass is 9.89. The van der Waals surface area contributed by atoms with Crippen LogP contribution in [-0.2, 0) is 0 Å². The summed E-state index contributed by atoms with van der Waals surface area (Å²) in [5, 5.41) is 5.15. The Balaban J connectivity index is 1.87. The fraction of sp³-hybridized carbons (Fsp3) is 0. The highest BCUT2D eigenvalue weighted by Crippen LogP contribution is 2.36. The number of rotatable bonds is 3. The lowest BCUT2D eigenvalue weighted by molar-refractivity contribution is 1.58. The average Bonchev–Trinajstić information content (AvgIpc) is 2.78. The zero-order valence-electron chi connectivity index (χ0n) is 15.5. The first-order chi connectivity index (χ1) is 13.9. The molecule has 0 saturated carbocycles. The van der Waals surface area contributed by atoms with Crippen LogP contribution in [0.15, 0.2) is 115 Å². The minimum Gasteiger partial charge on any atom is -0.0622 e. The molecule has 0 heteroatoms. The second-order valence-corrected chi connectivity index (χ2v) is 7.03. The van der Waals surface area contributed by atoms with E-state index >= 15 is 0 Å². The third kappa shape index (κ3) is 3.00. The smallest absolute Gasteiger partial charge is 0.00928 e. The maximum absolute atomic E-state index is 2.33. The molecule has 0 aromatic heterocycles. The summed E-state index contributed by atoms with van der Waals surface area (Å²) in [7, 11) is 0. The van der Waals surface area contributed by atoms with Gasteiger partial charge in [0.1, 0.15) is 0 Å². The van der Waals surface area contributed by atoms with E-state index in [1.165, 1.54) is 43.8 Å². The Morgan fingerprint density at radius 3 is 1.82 bits per heavy atom. The summed E-state index contributed by atoms with van der Waals surface area (Å²) < 4.78 is 0. The summed E-state index contributed by atoms with van der Waals surface area (Å²) in [6.45, 7) is 0. The van der Waals surface area contributed by atoms with Gasteiger partial charge in [-0.3, -0.25) is 0 Å². The van der Waals surface area contributed by atoms with E-state index in [2.05, 4.69) is 121 Å². The molecule has 0 aliphatic rings. The van der Waals surface area contributed by atoms with Gasteiger partial charge in [-0.1, -0.05) is 109 Å². The van der Waals surface area contributed by atoms with Gasteiger partial charge in [-0.25, -0.2) is 0 Å². The van der Waals surface area contributed by atoms with Crippen LogP contribution in [0.2, 0.25) is 0 Å². The molecular weight excluding hydrogens is 336 g/mol. The molecule has 0 nitrogen and oxygen atoms in total. The number of fused-ring (bicyclic) bond motifs is 3. The molecule has 0 N–H and O–H groups in total. The fourth-order valence-electron chi connectivity index (χ4n) is 3.93. The standard InChI is InChI=1S/C28H20/c1-3-11-21(12-4-1)19-27(22-13-5-2-6-14-22)28-20-23-15-7-8-16-24(23)25-17-9-10-18-26(25)28/h1-20H/b27-19+. The Labute approximate surface area is 165 Å². The van der Waals surface area contributed by atoms with E-state index in [0.717, 1.165) is 0 Å². The summed E-state index contributed by atoms with van der Waals surface area (Å²) in [6, 6.07) is 40.9. The molecule has 0 heterocycles. The van der Waals surface area contributed by atoms with Crippen molar-refractivity contribution in [1.29, 1.82) is 0 Å². The summed E-state index contributed by atoms with van der Waals surface area (Å²) in [6.07, 6.45) is 2.30. The van der Waals surface area contributed by atoms with Crippen LogP contribution < -0.4 is 0 Å². The minimum atomic E-state index is 1.21. The van der Waals surface area contributed by atoms with Gasteiger partial charge < -0.3 is 0 Å². The summed E-state index contributed by atoms with van der Waals surface area (Å²) >= 11 is 0. The van der Waals surface area contributed by atoms with Gasteiger partial charge in [-0.2, -0.15) is 0 Å². The molecule has 0 atom stereocenters. The molecule has 0 amide bonds. The molecule has 0 bridgehead atoms. The highest BCUT2D eigenvalue weighted by atomic mass is 14.2. The molecule has 28 heavy (non-hydrogen) atoms. The van der Waals surface area contributed by atoms with Gasteiger partial charge in [0, 0.05) is 0 Å². The van der Waals surface area contributed by atoms with Gasteiger partial charge >= 0.3 is 0 Å². The first kappa shape index (κ1) is 16.5. The highest BCUT2D eigenvalue weighted by Gasteiger charge is 2.12. The Bertz CT molecular complexity index is 1280. The number of hydrogen-bond donors (Lipinski definition) is 0. The molecule has 0 saturated heterocycles. The van der Waals surface area contributed by atoms with Gasteiger partial charge in [0.25, 0.3) is 0 Å². The molecule has 5 rings (SSSR count). The second kappa shape index (κ2) is 7.17. The van der Waals surface area contributed by atoms with Crippen molar-refractivity contribution in [3.8, 4) is 0 Å². The second-order valence-electron chi connectivity index (χ2n) is 7.03. The van der Waals surface area contributed by atoms with Crippen LogP contribution in [0.5, 0.6) is 0 Å². The van der Waals surface area contributed by atoms with Gasteiger partial charge in [0.05, 0.1) is 0 Å². The van der Waals surface area contributed by atoms with Crippen LogP contribution in [0.4, 0.5) is 0 Å². The van der Waals surface area contributed by atoms with Crippen LogP contribution in [0.3, 0.4) is 0 Å². The molecule has 132 valence electrons. The quantitative estimate of drug-likeness (QED) is 0.231. The van der Waals surface area contributed by atoms with E-state index in [-0.39, 0.29) is 0 Å². The van der Waals surface area contributed by atoms with Crippen LogP contribution in [0.25, 0.3) is 33.2 Å². The Hall–Kier alpha value is -3.64. The van der Waals surface area contributed by atoms with Gasteiger partial charge in [0.15, 0.2) is 0 Å². The third-order valence-electron chi connectivity index (χ3n) is 5.25. The maximum atomic E-state index is 2.33.